The highest BCUT2D eigenvalue weighted by atomic mass is 16.2. The number of unbranched alkanes of at least 4 members (excludes halogenated alkanes) is 1. The minimum Gasteiger partial charge on any atom is -0.338 e. The van der Waals surface area contributed by atoms with E-state index in [1.807, 2.05) is 21.0 Å². The van der Waals surface area contributed by atoms with E-state index in [2.05, 4.69) is 22.5 Å². The van der Waals surface area contributed by atoms with Crippen LogP contribution in [0.25, 0.3) is 0 Å². The third-order valence-corrected chi connectivity index (χ3v) is 1.83. The second-order valence-corrected chi connectivity index (χ2v) is 3.92. The summed E-state index contributed by atoms with van der Waals surface area (Å²) in [6.45, 7) is 5.73. The van der Waals surface area contributed by atoms with Crippen molar-refractivity contribution in [2.75, 3.05) is 27.2 Å². The largest absolute Gasteiger partial charge is 0.338 e. The molecule has 0 aromatic rings. The molecule has 1 unspecified atom stereocenters. The van der Waals surface area contributed by atoms with E-state index in [-0.39, 0.29) is 12.1 Å². The van der Waals surface area contributed by atoms with Crippen LogP contribution in [0.15, 0.2) is 0 Å². The van der Waals surface area contributed by atoms with Crippen molar-refractivity contribution < 1.29 is 4.79 Å². The summed E-state index contributed by atoms with van der Waals surface area (Å²) in [5.74, 6) is 0. The van der Waals surface area contributed by atoms with E-state index in [1.165, 1.54) is 0 Å². The zero-order chi connectivity index (χ0) is 11.0. The zero-order valence-electron chi connectivity index (χ0n) is 9.76. The molecule has 0 aromatic carbocycles. The minimum atomic E-state index is -0.0622. The molecule has 4 nitrogen and oxygen atoms in total. The minimum absolute atomic E-state index is 0.0622. The highest BCUT2D eigenvalue weighted by Crippen LogP contribution is 1.86. The van der Waals surface area contributed by atoms with Crippen LogP contribution in [0.5, 0.6) is 0 Å². The molecule has 4 heteroatoms. The van der Waals surface area contributed by atoms with Gasteiger partial charge in [0.2, 0.25) is 0 Å². The lowest BCUT2D eigenvalue weighted by Gasteiger charge is -2.18. The summed E-state index contributed by atoms with van der Waals surface area (Å²) in [5.41, 5.74) is 0. The first-order valence-electron chi connectivity index (χ1n) is 5.25. The Morgan fingerprint density at radius 2 is 2.07 bits per heavy atom. The van der Waals surface area contributed by atoms with E-state index >= 15 is 0 Å². The third kappa shape index (κ3) is 7.86. The molecule has 0 rings (SSSR count). The molecule has 0 aliphatic rings. The number of likely N-dealkylation sites (N-methyl/N-ethyl adjacent to an activating group) is 1. The molecule has 0 fully saturated rings. The van der Waals surface area contributed by atoms with Gasteiger partial charge in [-0.2, -0.15) is 0 Å². The second kappa shape index (κ2) is 7.62. The van der Waals surface area contributed by atoms with Gasteiger partial charge < -0.3 is 15.5 Å². The maximum atomic E-state index is 11.3. The smallest absolute Gasteiger partial charge is 0.315 e. The number of nitrogens with zero attached hydrogens (tertiary/aromatic N) is 1. The number of carbonyl (C=O) groups is 1. The third-order valence-electron chi connectivity index (χ3n) is 1.83. The van der Waals surface area contributed by atoms with E-state index < -0.39 is 0 Å². The van der Waals surface area contributed by atoms with Gasteiger partial charge in [-0.1, -0.05) is 13.3 Å². The van der Waals surface area contributed by atoms with Crippen LogP contribution in [0.1, 0.15) is 26.7 Å². The molecule has 0 heterocycles. The molecule has 0 spiro atoms. The molecule has 84 valence electrons. The summed E-state index contributed by atoms with van der Waals surface area (Å²) >= 11 is 0. The number of hydrogen-bond acceptors (Lipinski definition) is 2. The van der Waals surface area contributed by atoms with Crippen LogP contribution in [0, 0.1) is 0 Å². The van der Waals surface area contributed by atoms with Gasteiger partial charge in [-0.3, -0.25) is 0 Å². The maximum absolute atomic E-state index is 11.3. The first kappa shape index (κ1) is 13.2. The molecule has 0 saturated heterocycles. The Bertz CT molecular complexity index is 159. The van der Waals surface area contributed by atoms with Crippen LogP contribution >= 0.6 is 0 Å². The summed E-state index contributed by atoms with van der Waals surface area (Å²) < 4.78 is 0. The van der Waals surface area contributed by atoms with Crippen LogP contribution in [0.2, 0.25) is 0 Å². The Morgan fingerprint density at radius 3 is 2.57 bits per heavy atom. The number of amides is 2. The highest BCUT2D eigenvalue weighted by Gasteiger charge is 2.06. The van der Waals surface area contributed by atoms with Gasteiger partial charge in [0.05, 0.1) is 0 Å². The molecule has 2 N–H and O–H groups in total. The van der Waals surface area contributed by atoms with Crippen LogP contribution in [-0.4, -0.2) is 44.2 Å². The van der Waals surface area contributed by atoms with Crippen molar-refractivity contribution in [2.45, 2.75) is 32.7 Å². The van der Waals surface area contributed by atoms with Gasteiger partial charge in [-0.15, -0.1) is 0 Å². The number of urea groups is 1. The van der Waals surface area contributed by atoms with Crippen molar-refractivity contribution in [1.29, 1.82) is 0 Å². The Balaban J connectivity index is 3.50. The fraction of sp³-hybridized carbons (Fsp3) is 0.900. The monoisotopic (exact) mass is 201 g/mol. The van der Waals surface area contributed by atoms with Crippen molar-refractivity contribution in [1.82, 2.24) is 15.5 Å². The number of rotatable bonds is 6. The molecular formula is C10H23N3O. The van der Waals surface area contributed by atoms with Gasteiger partial charge in [-0.05, 0) is 27.4 Å². The van der Waals surface area contributed by atoms with E-state index in [4.69, 9.17) is 0 Å². The summed E-state index contributed by atoms with van der Waals surface area (Å²) in [6, 6.07) is 0.124. The molecule has 0 bridgehead atoms. The van der Waals surface area contributed by atoms with Gasteiger partial charge in [-0.25, -0.2) is 4.79 Å². The molecule has 0 saturated carbocycles. The summed E-state index contributed by atoms with van der Waals surface area (Å²) in [6.07, 6.45) is 2.14. The predicted molar refractivity (Wildman–Crippen MR) is 59.5 cm³/mol. The molecule has 14 heavy (non-hydrogen) atoms. The van der Waals surface area contributed by atoms with Crippen molar-refractivity contribution in [3.05, 3.63) is 0 Å². The van der Waals surface area contributed by atoms with Crippen molar-refractivity contribution in [3.8, 4) is 0 Å². The second-order valence-electron chi connectivity index (χ2n) is 3.92. The zero-order valence-corrected chi connectivity index (χ0v) is 9.76. The quantitative estimate of drug-likeness (QED) is 0.631. The standard InChI is InChI=1S/C10H23N3O/c1-5-6-7-11-10(14)12-9(2)8-13(3)4/h9H,5-8H2,1-4H3,(H2,11,12,14). The van der Waals surface area contributed by atoms with Crippen molar-refractivity contribution in [2.24, 2.45) is 0 Å². The van der Waals surface area contributed by atoms with E-state index in [1.54, 1.807) is 0 Å². The van der Waals surface area contributed by atoms with Gasteiger partial charge in [0.15, 0.2) is 0 Å². The summed E-state index contributed by atoms with van der Waals surface area (Å²) in [5, 5.41) is 5.70. The maximum Gasteiger partial charge on any atom is 0.315 e. The van der Waals surface area contributed by atoms with Crippen LogP contribution in [0.3, 0.4) is 0 Å². The van der Waals surface area contributed by atoms with E-state index in [0.29, 0.717) is 0 Å². The Hall–Kier alpha value is -0.770. The number of hydrogen-bond donors (Lipinski definition) is 2. The van der Waals surface area contributed by atoms with Gasteiger partial charge in [0, 0.05) is 19.1 Å². The van der Waals surface area contributed by atoms with Crippen LogP contribution in [-0.2, 0) is 0 Å². The van der Waals surface area contributed by atoms with E-state index in [9.17, 15) is 4.79 Å². The average molecular weight is 201 g/mol. The first-order valence-corrected chi connectivity index (χ1v) is 5.25. The molecule has 0 radical (unpaired) electrons. The average Bonchev–Trinajstić information content (AvgIpc) is 2.02. The molecule has 2 amide bonds. The molecule has 0 aromatic heterocycles. The van der Waals surface area contributed by atoms with Gasteiger partial charge in [0.1, 0.15) is 0 Å². The predicted octanol–water partition coefficient (Wildman–Crippen LogP) is 1.04. The van der Waals surface area contributed by atoms with Crippen LogP contribution < -0.4 is 10.6 Å². The van der Waals surface area contributed by atoms with Crippen LogP contribution in [0.4, 0.5) is 4.79 Å². The van der Waals surface area contributed by atoms with Gasteiger partial charge >= 0.3 is 6.03 Å². The molecule has 1 atom stereocenters. The SMILES string of the molecule is CCCCNC(=O)NC(C)CN(C)C. The molecule has 0 aliphatic carbocycles. The lowest BCUT2D eigenvalue weighted by Crippen LogP contribution is -2.45. The lowest BCUT2D eigenvalue weighted by atomic mass is 10.3. The normalized spacial score (nSPS) is 12.6. The van der Waals surface area contributed by atoms with E-state index in [0.717, 1.165) is 25.9 Å². The Labute approximate surface area is 87.0 Å². The highest BCUT2D eigenvalue weighted by molar-refractivity contribution is 5.74. The number of nitrogens with one attached hydrogen (secondary N) is 2. The molecular weight excluding hydrogens is 178 g/mol. The fourth-order valence-electron chi connectivity index (χ4n) is 1.25. The summed E-state index contributed by atoms with van der Waals surface area (Å²) in [4.78, 5) is 13.3. The first-order chi connectivity index (χ1) is 6.56. The van der Waals surface area contributed by atoms with Crippen molar-refractivity contribution >= 4 is 6.03 Å². The lowest BCUT2D eigenvalue weighted by molar-refractivity contribution is 0.234. The molecule has 0 aliphatic heterocycles. The Kier molecular flexibility index (Phi) is 7.20. The topological polar surface area (TPSA) is 44.4 Å². The number of carbonyl (C=O) groups excluding carboxylic acids is 1. The fourth-order valence-corrected chi connectivity index (χ4v) is 1.25. The summed E-state index contributed by atoms with van der Waals surface area (Å²) in [7, 11) is 3.99. The van der Waals surface area contributed by atoms with Crippen molar-refractivity contribution in [3.63, 3.8) is 0 Å². The Morgan fingerprint density at radius 1 is 1.43 bits per heavy atom. The van der Waals surface area contributed by atoms with Gasteiger partial charge in [0.25, 0.3) is 0 Å².